The summed E-state index contributed by atoms with van der Waals surface area (Å²) in [5.74, 6) is 0.261. The maximum atomic E-state index is 13.5. The zero-order valence-electron chi connectivity index (χ0n) is 18.8. The van der Waals surface area contributed by atoms with E-state index in [-0.39, 0.29) is 23.5 Å². The van der Waals surface area contributed by atoms with Crippen molar-refractivity contribution >= 4 is 22.7 Å². The summed E-state index contributed by atoms with van der Waals surface area (Å²) in [5.41, 5.74) is 2.32. The number of aromatic amines is 1. The fourth-order valence-electron chi connectivity index (χ4n) is 4.92. The number of piperidine rings is 2. The topological polar surface area (TPSA) is 82.2 Å². The average molecular weight is 450 g/mol. The molecule has 33 heavy (non-hydrogen) atoms. The molecule has 2 saturated heterocycles. The number of benzene rings is 1. The molecule has 5 rings (SSSR count). The van der Waals surface area contributed by atoms with Gasteiger partial charge in [0.25, 0.3) is 11.8 Å². The number of hydrogen-bond donors (Lipinski definition) is 1. The average Bonchev–Trinajstić information content (AvgIpc) is 3.27. The van der Waals surface area contributed by atoms with Crippen LogP contribution < -0.4 is 0 Å². The first-order valence-corrected chi connectivity index (χ1v) is 11.7. The number of likely N-dealkylation sites (tertiary alicyclic amines) is 2. The summed E-state index contributed by atoms with van der Waals surface area (Å²) in [5, 5.41) is 0.807. The van der Waals surface area contributed by atoms with Crippen LogP contribution >= 0.6 is 0 Å². The SMILES string of the molecule is Cc1nc(C2CCCN(C(=O)c3cc4ccc(F)cc4[nH]3)C2)ncc1C(=O)N1CCCCC1. The van der Waals surface area contributed by atoms with Crippen molar-refractivity contribution in [1.82, 2.24) is 24.8 Å². The van der Waals surface area contributed by atoms with Crippen molar-refractivity contribution < 1.29 is 14.0 Å². The Morgan fingerprint density at radius 3 is 2.61 bits per heavy atom. The molecule has 8 heteroatoms. The van der Waals surface area contributed by atoms with Gasteiger partial charge in [0.15, 0.2) is 0 Å². The van der Waals surface area contributed by atoms with Gasteiger partial charge in [-0.3, -0.25) is 9.59 Å². The number of rotatable bonds is 3. The van der Waals surface area contributed by atoms with Gasteiger partial charge in [-0.1, -0.05) is 0 Å². The summed E-state index contributed by atoms with van der Waals surface area (Å²) in [6.07, 6.45) is 6.65. The number of aryl methyl sites for hydroxylation is 1. The molecule has 1 unspecified atom stereocenters. The molecule has 2 fully saturated rings. The van der Waals surface area contributed by atoms with E-state index >= 15 is 0 Å². The molecule has 2 aliphatic rings. The third-order valence-corrected chi connectivity index (χ3v) is 6.76. The quantitative estimate of drug-likeness (QED) is 0.654. The fourth-order valence-corrected chi connectivity index (χ4v) is 4.92. The number of halogens is 1. The lowest BCUT2D eigenvalue weighted by molar-refractivity contribution is 0.0699. The van der Waals surface area contributed by atoms with Crippen LogP contribution in [-0.4, -0.2) is 62.7 Å². The minimum atomic E-state index is -0.337. The van der Waals surface area contributed by atoms with Gasteiger partial charge in [0.1, 0.15) is 17.3 Å². The molecule has 0 saturated carbocycles. The molecule has 172 valence electrons. The van der Waals surface area contributed by atoms with Crippen molar-refractivity contribution in [2.45, 2.75) is 44.9 Å². The summed E-state index contributed by atoms with van der Waals surface area (Å²) in [6, 6.07) is 6.22. The Balaban J connectivity index is 1.31. The third kappa shape index (κ3) is 4.34. The molecule has 2 aliphatic heterocycles. The minimum Gasteiger partial charge on any atom is -0.350 e. The summed E-state index contributed by atoms with van der Waals surface area (Å²) in [7, 11) is 0. The second-order valence-corrected chi connectivity index (χ2v) is 9.09. The molecule has 7 nitrogen and oxygen atoms in total. The van der Waals surface area contributed by atoms with Gasteiger partial charge in [-0.15, -0.1) is 0 Å². The second kappa shape index (κ2) is 8.92. The number of nitrogens with zero attached hydrogens (tertiary/aromatic N) is 4. The van der Waals surface area contributed by atoms with Crippen LogP contribution in [0.25, 0.3) is 10.9 Å². The molecule has 0 radical (unpaired) electrons. The Morgan fingerprint density at radius 1 is 1.03 bits per heavy atom. The lowest BCUT2D eigenvalue weighted by atomic mass is 9.96. The summed E-state index contributed by atoms with van der Waals surface area (Å²) in [4.78, 5) is 42.0. The van der Waals surface area contributed by atoms with Crippen molar-refractivity contribution in [1.29, 1.82) is 0 Å². The number of hydrogen-bond acceptors (Lipinski definition) is 4. The zero-order chi connectivity index (χ0) is 22.9. The summed E-state index contributed by atoms with van der Waals surface area (Å²) >= 11 is 0. The predicted molar refractivity (Wildman–Crippen MR) is 123 cm³/mol. The van der Waals surface area contributed by atoms with E-state index in [1.165, 1.54) is 18.6 Å². The molecule has 1 atom stereocenters. The number of fused-ring (bicyclic) bond motifs is 1. The van der Waals surface area contributed by atoms with Crippen LogP contribution in [0.4, 0.5) is 4.39 Å². The molecule has 1 aromatic carbocycles. The van der Waals surface area contributed by atoms with Crippen LogP contribution in [0.5, 0.6) is 0 Å². The second-order valence-electron chi connectivity index (χ2n) is 9.09. The van der Waals surface area contributed by atoms with Crippen LogP contribution in [0, 0.1) is 12.7 Å². The molecule has 0 bridgehead atoms. The molecule has 0 aliphatic carbocycles. The first kappa shape index (κ1) is 21.6. The standard InChI is InChI=1S/C25H28FN5O2/c1-16-20(24(32)30-9-3-2-4-10-30)14-27-23(28-16)18-6-5-11-31(15-18)25(33)22-12-17-7-8-19(26)13-21(17)29-22/h7-8,12-14,18,29H,2-6,9-11,15H2,1H3. The zero-order valence-corrected chi connectivity index (χ0v) is 18.8. The highest BCUT2D eigenvalue weighted by atomic mass is 19.1. The van der Waals surface area contributed by atoms with Crippen molar-refractivity contribution in [3.05, 3.63) is 59.1 Å². The molecule has 1 N–H and O–H groups in total. The van der Waals surface area contributed by atoms with E-state index in [4.69, 9.17) is 0 Å². The number of amides is 2. The van der Waals surface area contributed by atoms with Crippen molar-refractivity contribution in [2.75, 3.05) is 26.2 Å². The Hall–Kier alpha value is -3.29. The van der Waals surface area contributed by atoms with Crippen LogP contribution in [0.15, 0.2) is 30.5 Å². The normalized spacial score (nSPS) is 19.2. The van der Waals surface area contributed by atoms with Crippen LogP contribution in [-0.2, 0) is 0 Å². The van der Waals surface area contributed by atoms with Crippen molar-refractivity contribution in [2.24, 2.45) is 0 Å². The highest BCUT2D eigenvalue weighted by molar-refractivity contribution is 5.98. The predicted octanol–water partition coefficient (Wildman–Crippen LogP) is 4.05. The molecular formula is C25H28FN5O2. The van der Waals surface area contributed by atoms with Gasteiger partial charge in [0.05, 0.1) is 11.3 Å². The van der Waals surface area contributed by atoms with Gasteiger partial charge < -0.3 is 14.8 Å². The van der Waals surface area contributed by atoms with E-state index in [0.717, 1.165) is 44.2 Å². The molecule has 0 spiro atoms. The van der Waals surface area contributed by atoms with Gasteiger partial charge >= 0.3 is 0 Å². The third-order valence-electron chi connectivity index (χ3n) is 6.76. The van der Waals surface area contributed by atoms with E-state index in [9.17, 15) is 14.0 Å². The molecule has 2 aromatic heterocycles. The first-order valence-electron chi connectivity index (χ1n) is 11.7. The van der Waals surface area contributed by atoms with Crippen LogP contribution in [0.3, 0.4) is 0 Å². The maximum Gasteiger partial charge on any atom is 0.270 e. The Morgan fingerprint density at radius 2 is 1.82 bits per heavy atom. The minimum absolute atomic E-state index is 0.00875. The monoisotopic (exact) mass is 449 g/mol. The van der Waals surface area contributed by atoms with Gasteiger partial charge in [-0.05, 0) is 63.3 Å². The molecule has 3 aromatic rings. The highest BCUT2D eigenvalue weighted by Gasteiger charge is 2.29. The summed E-state index contributed by atoms with van der Waals surface area (Å²) < 4.78 is 13.5. The largest absolute Gasteiger partial charge is 0.350 e. The summed E-state index contributed by atoms with van der Waals surface area (Å²) in [6.45, 7) is 4.61. The number of carbonyl (C=O) groups excluding carboxylic acids is 2. The van der Waals surface area contributed by atoms with Gasteiger partial charge in [-0.2, -0.15) is 0 Å². The van der Waals surface area contributed by atoms with E-state index in [0.29, 0.717) is 41.4 Å². The Kier molecular flexibility index (Phi) is 5.83. The highest BCUT2D eigenvalue weighted by Crippen LogP contribution is 2.27. The van der Waals surface area contributed by atoms with E-state index in [1.807, 2.05) is 11.8 Å². The van der Waals surface area contributed by atoms with E-state index < -0.39 is 0 Å². The molecule has 2 amide bonds. The smallest absolute Gasteiger partial charge is 0.270 e. The number of nitrogens with one attached hydrogen (secondary N) is 1. The Labute approximate surface area is 192 Å². The van der Waals surface area contributed by atoms with Crippen molar-refractivity contribution in [3.8, 4) is 0 Å². The lowest BCUT2D eigenvalue weighted by Gasteiger charge is -2.32. The number of carbonyl (C=O) groups is 2. The van der Waals surface area contributed by atoms with Gasteiger partial charge in [-0.25, -0.2) is 14.4 Å². The Bertz CT molecular complexity index is 1200. The lowest BCUT2D eigenvalue weighted by Crippen LogP contribution is -2.40. The molecule has 4 heterocycles. The van der Waals surface area contributed by atoms with Crippen LogP contribution in [0.2, 0.25) is 0 Å². The number of H-pyrrole nitrogens is 1. The molecular weight excluding hydrogens is 421 g/mol. The number of aromatic nitrogens is 3. The maximum absolute atomic E-state index is 13.5. The van der Waals surface area contributed by atoms with Gasteiger partial charge in [0.2, 0.25) is 0 Å². The van der Waals surface area contributed by atoms with Crippen molar-refractivity contribution in [3.63, 3.8) is 0 Å². The first-order chi connectivity index (χ1) is 16.0. The fraction of sp³-hybridized carbons (Fsp3) is 0.440. The van der Waals surface area contributed by atoms with E-state index in [2.05, 4.69) is 15.0 Å². The van der Waals surface area contributed by atoms with Crippen LogP contribution in [0.1, 0.15) is 70.4 Å². The van der Waals surface area contributed by atoms with Gasteiger partial charge in [0, 0.05) is 49.2 Å². The van der Waals surface area contributed by atoms with E-state index in [1.54, 1.807) is 23.2 Å².